The molecule has 0 bridgehead atoms. The Balaban J connectivity index is 1.73. The first-order valence-electron chi connectivity index (χ1n) is 7.09. The number of carboxylic acids is 1. The molecule has 1 heterocycles. The number of nitrogens with one attached hydrogen (secondary N) is 1. The summed E-state index contributed by atoms with van der Waals surface area (Å²) in [5, 5.41) is 13.9. The average Bonchev–Trinajstić information content (AvgIpc) is 3.01. The third kappa shape index (κ3) is 4.92. The first kappa shape index (κ1) is 15.0. The van der Waals surface area contributed by atoms with E-state index in [1.807, 2.05) is 5.38 Å². The van der Waals surface area contributed by atoms with Crippen LogP contribution < -0.4 is 5.32 Å². The first-order chi connectivity index (χ1) is 9.63. The minimum absolute atomic E-state index is 0.0448. The predicted molar refractivity (Wildman–Crippen MR) is 77.9 cm³/mol. The summed E-state index contributed by atoms with van der Waals surface area (Å²) in [4.78, 5) is 26.6. The highest BCUT2D eigenvalue weighted by atomic mass is 32.1. The molecule has 0 saturated heterocycles. The van der Waals surface area contributed by atoms with Gasteiger partial charge in [-0.1, -0.05) is 12.8 Å². The molecule has 0 aromatic carbocycles. The average molecular weight is 296 g/mol. The van der Waals surface area contributed by atoms with Gasteiger partial charge in [-0.2, -0.15) is 0 Å². The van der Waals surface area contributed by atoms with E-state index in [0.29, 0.717) is 30.3 Å². The van der Waals surface area contributed by atoms with Gasteiger partial charge in [0.15, 0.2) is 5.13 Å². The van der Waals surface area contributed by atoms with E-state index in [9.17, 15) is 9.59 Å². The number of hydrogen-bond donors (Lipinski definition) is 2. The number of nitrogens with zero attached hydrogens (tertiary/aromatic N) is 1. The summed E-state index contributed by atoms with van der Waals surface area (Å²) in [6.07, 6.45) is 6.76. The molecule has 0 radical (unpaired) electrons. The maximum atomic E-state index is 11.9. The minimum atomic E-state index is -0.787. The van der Waals surface area contributed by atoms with Gasteiger partial charge in [0.25, 0.3) is 0 Å². The second kappa shape index (κ2) is 7.38. The van der Waals surface area contributed by atoms with Crippen molar-refractivity contribution >= 4 is 28.3 Å². The molecular weight excluding hydrogens is 276 g/mol. The molecular formula is C14H20N2O3S. The number of aliphatic carboxylic acids is 1. The summed E-state index contributed by atoms with van der Waals surface area (Å²) in [5.41, 5.74) is 0.854. The van der Waals surface area contributed by atoms with Crippen molar-refractivity contribution in [2.45, 2.75) is 51.4 Å². The Morgan fingerprint density at radius 2 is 2.15 bits per heavy atom. The Morgan fingerprint density at radius 1 is 1.40 bits per heavy atom. The molecule has 1 aromatic rings. The van der Waals surface area contributed by atoms with Crippen molar-refractivity contribution in [2.75, 3.05) is 5.32 Å². The lowest BCUT2D eigenvalue weighted by Crippen LogP contribution is -2.15. The van der Waals surface area contributed by atoms with Crippen molar-refractivity contribution in [1.29, 1.82) is 0 Å². The lowest BCUT2D eigenvalue weighted by atomic mass is 10.0. The molecule has 5 nitrogen and oxygen atoms in total. The van der Waals surface area contributed by atoms with Gasteiger partial charge >= 0.3 is 5.97 Å². The van der Waals surface area contributed by atoms with Crippen LogP contribution in [0.2, 0.25) is 0 Å². The molecule has 0 aliphatic heterocycles. The van der Waals surface area contributed by atoms with Gasteiger partial charge in [0.2, 0.25) is 5.91 Å². The van der Waals surface area contributed by atoms with Gasteiger partial charge < -0.3 is 10.4 Å². The fraction of sp³-hybridized carbons (Fsp3) is 0.643. The van der Waals surface area contributed by atoms with Crippen molar-refractivity contribution in [3.05, 3.63) is 11.1 Å². The number of carboxylic acid groups (broad SMARTS) is 1. The summed E-state index contributed by atoms with van der Waals surface area (Å²) >= 11 is 1.40. The number of carbonyl (C=O) groups excluding carboxylic acids is 1. The van der Waals surface area contributed by atoms with Crippen LogP contribution in [0.25, 0.3) is 0 Å². The van der Waals surface area contributed by atoms with Crippen molar-refractivity contribution in [1.82, 2.24) is 4.98 Å². The standard InChI is InChI=1S/C14H20N2O3S/c17-12(8-10-4-1-2-5-10)16-14-15-11(9-20-14)6-3-7-13(18)19/h9-10H,1-8H2,(H,18,19)(H,15,16,17). The molecule has 1 amide bonds. The van der Waals surface area contributed by atoms with E-state index in [4.69, 9.17) is 5.11 Å². The zero-order valence-electron chi connectivity index (χ0n) is 11.4. The Hall–Kier alpha value is -1.43. The van der Waals surface area contributed by atoms with Crippen LogP contribution in [-0.4, -0.2) is 22.0 Å². The minimum Gasteiger partial charge on any atom is -0.481 e. The summed E-state index contributed by atoms with van der Waals surface area (Å²) < 4.78 is 0. The van der Waals surface area contributed by atoms with Crippen LogP contribution in [0, 0.1) is 5.92 Å². The monoisotopic (exact) mass is 296 g/mol. The van der Waals surface area contributed by atoms with E-state index < -0.39 is 5.97 Å². The molecule has 2 N–H and O–H groups in total. The van der Waals surface area contributed by atoms with E-state index in [1.54, 1.807) is 0 Å². The molecule has 1 aromatic heterocycles. The highest BCUT2D eigenvalue weighted by molar-refractivity contribution is 7.13. The first-order valence-corrected chi connectivity index (χ1v) is 7.97. The van der Waals surface area contributed by atoms with E-state index in [2.05, 4.69) is 10.3 Å². The summed E-state index contributed by atoms with van der Waals surface area (Å²) in [6.45, 7) is 0. The van der Waals surface area contributed by atoms with Gasteiger partial charge in [0, 0.05) is 18.2 Å². The molecule has 0 unspecified atom stereocenters. The molecule has 6 heteroatoms. The van der Waals surface area contributed by atoms with E-state index in [1.165, 1.54) is 24.2 Å². The zero-order valence-corrected chi connectivity index (χ0v) is 12.2. The van der Waals surface area contributed by atoms with E-state index in [-0.39, 0.29) is 12.3 Å². The number of rotatable bonds is 7. The summed E-state index contributed by atoms with van der Waals surface area (Å²) in [7, 11) is 0. The van der Waals surface area contributed by atoms with Crippen LogP contribution >= 0.6 is 11.3 Å². The quantitative estimate of drug-likeness (QED) is 0.810. The second-order valence-electron chi connectivity index (χ2n) is 5.29. The topological polar surface area (TPSA) is 79.3 Å². The molecule has 0 spiro atoms. The van der Waals surface area contributed by atoms with Crippen LogP contribution in [0.15, 0.2) is 5.38 Å². The van der Waals surface area contributed by atoms with Crippen molar-refractivity contribution in [3.8, 4) is 0 Å². The maximum Gasteiger partial charge on any atom is 0.303 e. The largest absolute Gasteiger partial charge is 0.481 e. The third-order valence-corrected chi connectivity index (χ3v) is 4.38. The van der Waals surface area contributed by atoms with Crippen LogP contribution in [0.3, 0.4) is 0 Å². The third-order valence-electron chi connectivity index (χ3n) is 3.57. The Morgan fingerprint density at radius 3 is 2.85 bits per heavy atom. The van der Waals surface area contributed by atoms with Crippen molar-refractivity contribution in [2.24, 2.45) is 5.92 Å². The number of aryl methyl sites for hydroxylation is 1. The van der Waals surface area contributed by atoms with Crippen LogP contribution in [0.5, 0.6) is 0 Å². The van der Waals surface area contributed by atoms with Crippen LogP contribution in [0.4, 0.5) is 5.13 Å². The van der Waals surface area contributed by atoms with Gasteiger partial charge in [0.1, 0.15) is 0 Å². The zero-order chi connectivity index (χ0) is 14.4. The van der Waals surface area contributed by atoms with Crippen LogP contribution in [0.1, 0.15) is 50.6 Å². The maximum absolute atomic E-state index is 11.9. The van der Waals surface area contributed by atoms with Gasteiger partial charge in [-0.25, -0.2) is 4.98 Å². The molecule has 2 rings (SSSR count). The Labute approximate surface area is 122 Å². The van der Waals surface area contributed by atoms with Crippen molar-refractivity contribution < 1.29 is 14.7 Å². The SMILES string of the molecule is O=C(O)CCCc1csc(NC(=O)CC2CCCC2)n1. The number of thiazole rings is 1. The fourth-order valence-electron chi connectivity index (χ4n) is 2.55. The number of anilines is 1. The van der Waals surface area contributed by atoms with Gasteiger partial charge in [-0.05, 0) is 31.6 Å². The Bertz CT molecular complexity index is 467. The fourth-order valence-corrected chi connectivity index (χ4v) is 3.31. The number of hydrogen-bond acceptors (Lipinski definition) is 4. The highest BCUT2D eigenvalue weighted by Gasteiger charge is 2.18. The van der Waals surface area contributed by atoms with Crippen LogP contribution in [-0.2, 0) is 16.0 Å². The lowest BCUT2D eigenvalue weighted by Gasteiger charge is -2.07. The smallest absolute Gasteiger partial charge is 0.303 e. The molecule has 20 heavy (non-hydrogen) atoms. The van der Waals surface area contributed by atoms with Crippen molar-refractivity contribution in [3.63, 3.8) is 0 Å². The number of amides is 1. The van der Waals surface area contributed by atoms with Gasteiger partial charge in [0.05, 0.1) is 5.69 Å². The van der Waals surface area contributed by atoms with E-state index >= 15 is 0 Å². The Kier molecular flexibility index (Phi) is 5.52. The summed E-state index contributed by atoms with van der Waals surface area (Å²) in [6, 6.07) is 0. The molecule has 1 aliphatic carbocycles. The lowest BCUT2D eigenvalue weighted by molar-refractivity contribution is -0.137. The van der Waals surface area contributed by atoms with Gasteiger partial charge in [-0.15, -0.1) is 11.3 Å². The normalized spacial score (nSPS) is 15.4. The number of carbonyl (C=O) groups is 2. The molecule has 1 saturated carbocycles. The van der Waals surface area contributed by atoms with Gasteiger partial charge in [-0.3, -0.25) is 9.59 Å². The molecule has 1 aliphatic rings. The summed E-state index contributed by atoms with van der Waals surface area (Å²) in [5.74, 6) is -0.210. The van der Waals surface area contributed by atoms with E-state index in [0.717, 1.165) is 18.5 Å². The molecule has 1 fully saturated rings. The highest BCUT2D eigenvalue weighted by Crippen LogP contribution is 2.28. The predicted octanol–water partition coefficient (Wildman–Crippen LogP) is 3.07. The number of aromatic nitrogens is 1. The second-order valence-corrected chi connectivity index (χ2v) is 6.15. The molecule has 110 valence electrons. The molecule has 0 atom stereocenters.